The highest BCUT2D eigenvalue weighted by atomic mass is 16.2. The predicted molar refractivity (Wildman–Crippen MR) is 68.6 cm³/mol. The topological polar surface area (TPSA) is 49.6 Å². The van der Waals surface area contributed by atoms with E-state index in [1.165, 1.54) is 6.42 Å². The van der Waals surface area contributed by atoms with Crippen molar-refractivity contribution in [2.75, 3.05) is 27.2 Å². The number of carbonyl (C=O) groups is 1. The summed E-state index contributed by atoms with van der Waals surface area (Å²) in [4.78, 5) is 16.6. The van der Waals surface area contributed by atoms with Crippen molar-refractivity contribution in [2.24, 2.45) is 11.7 Å². The van der Waals surface area contributed by atoms with Crippen LogP contribution in [0.5, 0.6) is 0 Å². The molecule has 17 heavy (non-hydrogen) atoms. The average Bonchev–Trinajstić information content (AvgIpc) is 3.12. The van der Waals surface area contributed by atoms with Gasteiger partial charge in [0.2, 0.25) is 5.91 Å². The lowest BCUT2D eigenvalue weighted by Crippen LogP contribution is -2.58. The first-order chi connectivity index (χ1) is 7.93. The Labute approximate surface area is 104 Å². The van der Waals surface area contributed by atoms with Crippen LogP contribution in [0.2, 0.25) is 0 Å². The molecule has 2 rings (SSSR count). The first-order valence-electron chi connectivity index (χ1n) is 6.67. The maximum Gasteiger partial charge on any atom is 0.242 e. The van der Waals surface area contributed by atoms with E-state index >= 15 is 0 Å². The zero-order valence-corrected chi connectivity index (χ0v) is 11.3. The molecule has 1 saturated carbocycles. The van der Waals surface area contributed by atoms with E-state index in [1.54, 1.807) is 0 Å². The largest absolute Gasteiger partial charge is 0.340 e. The Morgan fingerprint density at radius 2 is 2.00 bits per heavy atom. The first kappa shape index (κ1) is 12.8. The molecule has 1 aliphatic heterocycles. The third kappa shape index (κ3) is 2.63. The van der Waals surface area contributed by atoms with Crippen LogP contribution in [0.15, 0.2) is 0 Å². The normalized spacial score (nSPS) is 29.2. The molecule has 0 aromatic heterocycles. The monoisotopic (exact) mass is 239 g/mol. The van der Waals surface area contributed by atoms with Crippen LogP contribution in [0.1, 0.15) is 32.6 Å². The van der Waals surface area contributed by atoms with Crippen molar-refractivity contribution in [3.63, 3.8) is 0 Å². The molecular formula is C13H25N3O. The number of likely N-dealkylation sites (tertiary alicyclic amines) is 1. The number of piperidine rings is 1. The number of hydrogen-bond acceptors (Lipinski definition) is 3. The van der Waals surface area contributed by atoms with Gasteiger partial charge < -0.3 is 15.5 Å². The molecule has 98 valence electrons. The smallest absolute Gasteiger partial charge is 0.242 e. The summed E-state index contributed by atoms with van der Waals surface area (Å²) in [5, 5.41) is 0. The molecule has 2 fully saturated rings. The quantitative estimate of drug-likeness (QED) is 0.787. The second-order valence-electron chi connectivity index (χ2n) is 6.07. The molecule has 2 atom stereocenters. The lowest BCUT2D eigenvalue weighted by Gasteiger charge is -2.39. The lowest BCUT2D eigenvalue weighted by atomic mass is 9.93. The van der Waals surface area contributed by atoms with Crippen LogP contribution < -0.4 is 5.73 Å². The van der Waals surface area contributed by atoms with Crippen molar-refractivity contribution in [3.8, 4) is 0 Å². The Hall–Kier alpha value is -0.610. The fourth-order valence-corrected chi connectivity index (χ4v) is 2.76. The highest BCUT2D eigenvalue weighted by Crippen LogP contribution is 2.39. The van der Waals surface area contributed by atoms with Crippen molar-refractivity contribution >= 4 is 5.91 Å². The summed E-state index contributed by atoms with van der Waals surface area (Å²) < 4.78 is 0. The van der Waals surface area contributed by atoms with Gasteiger partial charge in [0.25, 0.3) is 0 Å². The number of nitrogens with zero attached hydrogens (tertiary/aromatic N) is 2. The van der Waals surface area contributed by atoms with Crippen LogP contribution >= 0.6 is 0 Å². The van der Waals surface area contributed by atoms with E-state index in [-0.39, 0.29) is 5.91 Å². The third-order valence-electron chi connectivity index (χ3n) is 4.30. The zero-order valence-electron chi connectivity index (χ0n) is 11.3. The molecule has 1 aliphatic carbocycles. The molecule has 1 amide bonds. The van der Waals surface area contributed by atoms with E-state index in [0.29, 0.717) is 12.0 Å². The Bertz CT molecular complexity index is 297. The van der Waals surface area contributed by atoms with E-state index in [4.69, 9.17) is 5.73 Å². The molecule has 1 heterocycles. The minimum absolute atomic E-state index is 0.159. The van der Waals surface area contributed by atoms with Gasteiger partial charge in [0.1, 0.15) is 0 Å². The van der Waals surface area contributed by atoms with Gasteiger partial charge in [-0.15, -0.1) is 0 Å². The van der Waals surface area contributed by atoms with E-state index in [0.717, 1.165) is 32.4 Å². The van der Waals surface area contributed by atoms with E-state index in [9.17, 15) is 4.79 Å². The van der Waals surface area contributed by atoms with Crippen LogP contribution in [0.4, 0.5) is 0 Å². The number of rotatable bonds is 3. The molecular weight excluding hydrogens is 214 g/mol. The molecule has 0 aromatic rings. The zero-order chi connectivity index (χ0) is 12.6. The van der Waals surface area contributed by atoms with Crippen LogP contribution in [0.25, 0.3) is 0 Å². The molecule has 0 radical (unpaired) electrons. The molecule has 0 spiro atoms. The minimum Gasteiger partial charge on any atom is -0.340 e. The van der Waals surface area contributed by atoms with Gasteiger partial charge in [-0.2, -0.15) is 0 Å². The third-order valence-corrected chi connectivity index (χ3v) is 4.30. The number of likely N-dealkylation sites (N-methyl/N-ethyl adjacent to an activating group) is 1. The number of carbonyl (C=O) groups excluding carboxylic acids is 1. The van der Waals surface area contributed by atoms with Gasteiger partial charge in [0.05, 0.1) is 5.54 Å². The summed E-state index contributed by atoms with van der Waals surface area (Å²) in [5.41, 5.74) is 5.58. The van der Waals surface area contributed by atoms with Crippen molar-refractivity contribution in [3.05, 3.63) is 0 Å². The fourth-order valence-electron chi connectivity index (χ4n) is 2.76. The minimum atomic E-state index is -0.631. The van der Waals surface area contributed by atoms with Gasteiger partial charge in [-0.3, -0.25) is 4.79 Å². The maximum atomic E-state index is 12.5. The molecule has 2 unspecified atom stereocenters. The van der Waals surface area contributed by atoms with Crippen molar-refractivity contribution in [2.45, 2.75) is 44.2 Å². The van der Waals surface area contributed by atoms with Crippen LogP contribution in [0.3, 0.4) is 0 Å². The summed E-state index contributed by atoms with van der Waals surface area (Å²) in [7, 11) is 4.17. The fraction of sp³-hybridized carbons (Fsp3) is 0.923. The van der Waals surface area contributed by atoms with Gasteiger partial charge in [-0.1, -0.05) is 0 Å². The molecule has 2 N–H and O–H groups in total. The van der Waals surface area contributed by atoms with Crippen LogP contribution in [-0.2, 0) is 4.79 Å². The highest BCUT2D eigenvalue weighted by Gasteiger charge is 2.46. The molecule has 2 aliphatic rings. The summed E-state index contributed by atoms with van der Waals surface area (Å²) in [6.45, 7) is 3.63. The Kier molecular flexibility index (Phi) is 3.46. The van der Waals surface area contributed by atoms with Gasteiger partial charge >= 0.3 is 0 Å². The first-order valence-corrected chi connectivity index (χ1v) is 6.67. The molecule has 0 bridgehead atoms. The number of hydrogen-bond donors (Lipinski definition) is 1. The van der Waals surface area contributed by atoms with Crippen LogP contribution in [0, 0.1) is 5.92 Å². The predicted octanol–water partition coefficient (Wildman–Crippen LogP) is 0.666. The summed E-state index contributed by atoms with van der Waals surface area (Å²) in [6, 6.07) is 0.489. The van der Waals surface area contributed by atoms with Crippen molar-refractivity contribution < 1.29 is 4.79 Å². The SMILES string of the molecule is CN(C)C1CCCN(C(=O)C(C)(N)C2CC2)C1. The Balaban J connectivity index is 1.99. The Morgan fingerprint density at radius 1 is 1.35 bits per heavy atom. The molecule has 4 nitrogen and oxygen atoms in total. The standard InChI is InChI=1S/C13H25N3O/c1-13(14,10-6-7-10)12(17)16-8-4-5-11(9-16)15(2)3/h10-11H,4-9,14H2,1-3H3. The second-order valence-corrected chi connectivity index (χ2v) is 6.07. The van der Waals surface area contributed by atoms with Gasteiger partial charge in [0.15, 0.2) is 0 Å². The number of amides is 1. The summed E-state index contributed by atoms with van der Waals surface area (Å²) >= 11 is 0. The maximum absolute atomic E-state index is 12.5. The number of nitrogens with two attached hydrogens (primary N) is 1. The molecule has 4 heteroatoms. The lowest BCUT2D eigenvalue weighted by molar-refractivity contribution is -0.139. The van der Waals surface area contributed by atoms with Crippen molar-refractivity contribution in [1.29, 1.82) is 0 Å². The highest BCUT2D eigenvalue weighted by molar-refractivity contribution is 5.86. The van der Waals surface area contributed by atoms with E-state index in [1.807, 2.05) is 11.8 Å². The van der Waals surface area contributed by atoms with E-state index in [2.05, 4.69) is 19.0 Å². The summed E-state index contributed by atoms with van der Waals surface area (Å²) in [6.07, 6.45) is 4.50. The van der Waals surface area contributed by atoms with Gasteiger partial charge in [0, 0.05) is 19.1 Å². The van der Waals surface area contributed by atoms with Gasteiger partial charge in [-0.25, -0.2) is 0 Å². The second kappa shape index (κ2) is 4.58. The van der Waals surface area contributed by atoms with Crippen molar-refractivity contribution in [1.82, 2.24) is 9.80 Å². The molecule has 1 saturated heterocycles. The average molecular weight is 239 g/mol. The van der Waals surface area contributed by atoms with Crippen LogP contribution in [-0.4, -0.2) is 54.5 Å². The van der Waals surface area contributed by atoms with E-state index < -0.39 is 5.54 Å². The molecule has 0 aromatic carbocycles. The Morgan fingerprint density at radius 3 is 2.53 bits per heavy atom. The summed E-state index contributed by atoms with van der Waals surface area (Å²) in [5.74, 6) is 0.571. The van der Waals surface area contributed by atoms with Gasteiger partial charge in [-0.05, 0) is 52.6 Å².